The van der Waals surface area contributed by atoms with E-state index in [9.17, 15) is 4.79 Å². The summed E-state index contributed by atoms with van der Waals surface area (Å²) < 4.78 is 0. The molecule has 2 heterocycles. The van der Waals surface area contributed by atoms with Crippen LogP contribution in [0.1, 0.15) is 12.0 Å². The average Bonchev–Trinajstić information content (AvgIpc) is 3.16. The molecule has 0 bridgehead atoms. The predicted molar refractivity (Wildman–Crippen MR) is 110 cm³/mol. The Morgan fingerprint density at radius 2 is 1.89 bits per heavy atom. The SMILES string of the molecule is O=C(CCc1cccc(-c2cnc3[nH]ccc3c2)c1)Nc1ccc(Cl)cc1. The number of aromatic nitrogens is 2. The summed E-state index contributed by atoms with van der Waals surface area (Å²) in [7, 11) is 0. The molecule has 0 aliphatic rings. The molecule has 0 spiro atoms. The van der Waals surface area contributed by atoms with Crippen LogP contribution in [0.25, 0.3) is 22.2 Å². The van der Waals surface area contributed by atoms with E-state index in [2.05, 4.69) is 33.5 Å². The summed E-state index contributed by atoms with van der Waals surface area (Å²) in [4.78, 5) is 19.7. The zero-order chi connectivity index (χ0) is 18.6. The van der Waals surface area contributed by atoms with Crippen molar-refractivity contribution in [1.29, 1.82) is 0 Å². The van der Waals surface area contributed by atoms with Crippen LogP contribution in [-0.4, -0.2) is 15.9 Å². The van der Waals surface area contributed by atoms with Crippen molar-refractivity contribution in [2.24, 2.45) is 0 Å². The molecule has 2 aromatic carbocycles. The first-order valence-corrected chi connectivity index (χ1v) is 9.13. The number of fused-ring (bicyclic) bond motifs is 1. The molecule has 0 atom stereocenters. The molecule has 2 aromatic heterocycles. The van der Waals surface area contributed by atoms with E-state index in [1.807, 2.05) is 30.6 Å². The van der Waals surface area contributed by atoms with E-state index in [-0.39, 0.29) is 5.91 Å². The number of amides is 1. The number of pyridine rings is 1. The number of rotatable bonds is 5. The van der Waals surface area contributed by atoms with Crippen molar-refractivity contribution in [2.45, 2.75) is 12.8 Å². The molecular formula is C22H18ClN3O. The Morgan fingerprint density at radius 1 is 1.04 bits per heavy atom. The summed E-state index contributed by atoms with van der Waals surface area (Å²) in [6, 6.07) is 19.5. The maximum Gasteiger partial charge on any atom is 0.224 e. The van der Waals surface area contributed by atoms with Crippen molar-refractivity contribution in [3.05, 3.63) is 83.6 Å². The highest BCUT2D eigenvalue weighted by Crippen LogP contribution is 2.23. The van der Waals surface area contributed by atoms with E-state index < -0.39 is 0 Å². The van der Waals surface area contributed by atoms with Gasteiger partial charge in [-0.05, 0) is 53.9 Å². The predicted octanol–water partition coefficient (Wildman–Crippen LogP) is 5.45. The van der Waals surface area contributed by atoms with Gasteiger partial charge in [0.25, 0.3) is 0 Å². The number of benzene rings is 2. The summed E-state index contributed by atoms with van der Waals surface area (Å²) in [5.74, 6) is -0.0156. The lowest BCUT2D eigenvalue weighted by atomic mass is 10.0. The second-order valence-electron chi connectivity index (χ2n) is 6.39. The zero-order valence-corrected chi connectivity index (χ0v) is 15.3. The number of hydrogen-bond acceptors (Lipinski definition) is 2. The fourth-order valence-electron chi connectivity index (χ4n) is 3.02. The van der Waals surface area contributed by atoms with Crippen molar-refractivity contribution in [3.8, 4) is 11.1 Å². The third-order valence-electron chi connectivity index (χ3n) is 4.43. The highest BCUT2D eigenvalue weighted by Gasteiger charge is 2.06. The largest absolute Gasteiger partial charge is 0.346 e. The van der Waals surface area contributed by atoms with Gasteiger partial charge in [-0.3, -0.25) is 4.79 Å². The molecule has 0 radical (unpaired) electrons. The maximum absolute atomic E-state index is 12.2. The Hall–Kier alpha value is -3.11. The summed E-state index contributed by atoms with van der Waals surface area (Å²) in [6.07, 6.45) is 4.84. The molecule has 4 aromatic rings. The Kier molecular flexibility index (Phi) is 4.90. The molecule has 0 unspecified atom stereocenters. The second-order valence-corrected chi connectivity index (χ2v) is 6.83. The lowest BCUT2D eigenvalue weighted by molar-refractivity contribution is -0.116. The molecule has 1 amide bonds. The number of carbonyl (C=O) groups excluding carboxylic acids is 1. The standard InChI is InChI=1S/C22H18ClN3O/c23-19-5-7-20(8-6-19)26-21(27)9-4-15-2-1-3-16(12-15)18-13-17-10-11-24-22(17)25-14-18/h1-3,5-8,10-14H,4,9H2,(H,24,25)(H,26,27). The summed E-state index contributed by atoms with van der Waals surface area (Å²) in [5.41, 5.74) is 4.92. The smallest absolute Gasteiger partial charge is 0.224 e. The summed E-state index contributed by atoms with van der Waals surface area (Å²) in [6.45, 7) is 0. The third-order valence-corrected chi connectivity index (χ3v) is 4.68. The van der Waals surface area contributed by atoms with Crippen LogP contribution >= 0.6 is 11.6 Å². The molecule has 27 heavy (non-hydrogen) atoms. The van der Waals surface area contributed by atoms with Crippen molar-refractivity contribution in [2.75, 3.05) is 5.32 Å². The molecule has 2 N–H and O–H groups in total. The Balaban J connectivity index is 1.43. The minimum atomic E-state index is -0.0156. The number of carbonyl (C=O) groups is 1. The van der Waals surface area contributed by atoms with E-state index >= 15 is 0 Å². The maximum atomic E-state index is 12.2. The van der Waals surface area contributed by atoms with Gasteiger partial charge in [-0.25, -0.2) is 4.98 Å². The third kappa shape index (κ3) is 4.18. The monoisotopic (exact) mass is 375 g/mol. The van der Waals surface area contributed by atoms with Gasteiger partial charge >= 0.3 is 0 Å². The molecule has 0 aliphatic heterocycles. The minimum Gasteiger partial charge on any atom is -0.346 e. The first-order valence-electron chi connectivity index (χ1n) is 8.75. The van der Waals surface area contributed by atoms with Crippen molar-refractivity contribution < 1.29 is 4.79 Å². The van der Waals surface area contributed by atoms with Gasteiger partial charge in [0, 0.05) is 40.5 Å². The van der Waals surface area contributed by atoms with E-state index in [0.717, 1.165) is 33.4 Å². The second kappa shape index (κ2) is 7.64. The number of aromatic amines is 1. The van der Waals surface area contributed by atoms with Gasteiger partial charge in [-0.2, -0.15) is 0 Å². The van der Waals surface area contributed by atoms with Crippen LogP contribution in [0.2, 0.25) is 5.02 Å². The normalized spacial score (nSPS) is 10.9. The van der Waals surface area contributed by atoms with Gasteiger partial charge in [0.15, 0.2) is 0 Å². The molecule has 4 nitrogen and oxygen atoms in total. The van der Waals surface area contributed by atoms with Crippen molar-refractivity contribution in [1.82, 2.24) is 9.97 Å². The fraction of sp³-hybridized carbons (Fsp3) is 0.0909. The van der Waals surface area contributed by atoms with E-state index in [1.165, 1.54) is 0 Å². The van der Waals surface area contributed by atoms with Crippen molar-refractivity contribution >= 4 is 34.2 Å². The van der Waals surface area contributed by atoms with E-state index in [4.69, 9.17) is 11.6 Å². The molecule has 5 heteroatoms. The first kappa shape index (κ1) is 17.3. The van der Waals surface area contributed by atoms with Gasteiger partial charge in [0.1, 0.15) is 5.65 Å². The molecular weight excluding hydrogens is 358 g/mol. The van der Waals surface area contributed by atoms with Gasteiger partial charge in [-0.1, -0.05) is 35.9 Å². The molecule has 0 aliphatic carbocycles. The van der Waals surface area contributed by atoms with Gasteiger partial charge < -0.3 is 10.3 Å². The topological polar surface area (TPSA) is 57.8 Å². The number of hydrogen-bond donors (Lipinski definition) is 2. The highest BCUT2D eigenvalue weighted by molar-refractivity contribution is 6.30. The molecule has 0 fully saturated rings. The van der Waals surface area contributed by atoms with Gasteiger partial charge in [0.05, 0.1) is 0 Å². The molecule has 0 saturated carbocycles. The van der Waals surface area contributed by atoms with Crippen LogP contribution in [0.4, 0.5) is 5.69 Å². The summed E-state index contributed by atoms with van der Waals surface area (Å²) >= 11 is 5.86. The molecule has 134 valence electrons. The highest BCUT2D eigenvalue weighted by atomic mass is 35.5. The quantitative estimate of drug-likeness (QED) is 0.487. The lowest BCUT2D eigenvalue weighted by Crippen LogP contribution is -2.12. The Morgan fingerprint density at radius 3 is 2.74 bits per heavy atom. The van der Waals surface area contributed by atoms with Gasteiger partial charge in [-0.15, -0.1) is 0 Å². The molecule has 0 saturated heterocycles. The zero-order valence-electron chi connectivity index (χ0n) is 14.6. The fourth-order valence-corrected chi connectivity index (χ4v) is 3.14. The Labute approximate surface area is 162 Å². The van der Waals surface area contributed by atoms with E-state index in [0.29, 0.717) is 17.9 Å². The van der Waals surface area contributed by atoms with Crippen LogP contribution < -0.4 is 5.32 Å². The number of nitrogens with one attached hydrogen (secondary N) is 2. The van der Waals surface area contributed by atoms with Crippen LogP contribution in [0.3, 0.4) is 0 Å². The van der Waals surface area contributed by atoms with Crippen LogP contribution in [-0.2, 0) is 11.2 Å². The number of halogens is 1. The first-order chi connectivity index (χ1) is 13.2. The summed E-state index contributed by atoms with van der Waals surface area (Å²) in [5, 5.41) is 4.63. The van der Waals surface area contributed by atoms with E-state index in [1.54, 1.807) is 24.3 Å². The van der Waals surface area contributed by atoms with Crippen LogP contribution in [0.15, 0.2) is 73.1 Å². The number of H-pyrrole nitrogens is 1. The van der Waals surface area contributed by atoms with Crippen LogP contribution in [0, 0.1) is 0 Å². The molecule has 4 rings (SSSR count). The number of aryl methyl sites for hydroxylation is 1. The lowest BCUT2D eigenvalue weighted by Gasteiger charge is -2.07. The van der Waals surface area contributed by atoms with Gasteiger partial charge in [0.2, 0.25) is 5.91 Å². The number of anilines is 1. The number of nitrogens with zero attached hydrogens (tertiary/aromatic N) is 1. The van der Waals surface area contributed by atoms with Crippen LogP contribution in [0.5, 0.6) is 0 Å². The minimum absolute atomic E-state index is 0.0156. The van der Waals surface area contributed by atoms with Crippen molar-refractivity contribution in [3.63, 3.8) is 0 Å². The Bertz CT molecular complexity index is 1090. The average molecular weight is 376 g/mol.